The predicted molar refractivity (Wildman–Crippen MR) is 104 cm³/mol. The van der Waals surface area contributed by atoms with Crippen LogP contribution in [-0.2, 0) is 0 Å². The Morgan fingerprint density at radius 2 is 1.96 bits per heavy atom. The number of pyridine rings is 1. The first-order valence-electron chi connectivity index (χ1n) is 8.29. The average Bonchev–Trinajstić information content (AvgIpc) is 3.01. The summed E-state index contributed by atoms with van der Waals surface area (Å²) in [6.45, 7) is 5.02. The molecule has 0 aliphatic rings. The molecule has 5 nitrogen and oxygen atoms in total. The molecule has 25 heavy (non-hydrogen) atoms. The van der Waals surface area contributed by atoms with E-state index in [2.05, 4.69) is 22.2 Å². The molecular weight excluding hydrogens is 332 g/mol. The minimum atomic E-state index is -0.0571. The molecule has 0 saturated carbocycles. The number of rotatable bonds is 4. The van der Waals surface area contributed by atoms with Gasteiger partial charge in [0.25, 0.3) is 5.56 Å². The van der Waals surface area contributed by atoms with Crippen LogP contribution in [0.5, 0.6) is 0 Å². The van der Waals surface area contributed by atoms with Gasteiger partial charge in [0.15, 0.2) is 0 Å². The highest BCUT2D eigenvalue weighted by molar-refractivity contribution is 7.25. The third kappa shape index (κ3) is 2.68. The number of anilines is 1. The van der Waals surface area contributed by atoms with Crippen molar-refractivity contribution in [2.75, 3.05) is 11.9 Å². The van der Waals surface area contributed by atoms with Gasteiger partial charge in [-0.15, -0.1) is 11.3 Å². The lowest BCUT2D eigenvalue weighted by Gasteiger charge is -2.07. The standard InChI is InChI=1S/C19H18N4OS/c1-3-9-20-14-8-10-21-18-15(14)16-17(25-18)19(24)23(11-22-16)13-6-4-12(2)5-7-13/h4-8,10-11H,3,9H2,1-2H3,(H,20,21). The van der Waals surface area contributed by atoms with Gasteiger partial charge in [0.05, 0.1) is 16.6 Å². The van der Waals surface area contributed by atoms with E-state index in [0.717, 1.165) is 45.6 Å². The Bertz CT molecular complexity index is 1110. The van der Waals surface area contributed by atoms with Crippen molar-refractivity contribution in [3.8, 4) is 5.69 Å². The maximum Gasteiger partial charge on any atom is 0.275 e. The molecule has 4 aromatic rings. The number of aryl methyl sites for hydroxylation is 1. The highest BCUT2D eigenvalue weighted by atomic mass is 32.1. The molecule has 0 spiro atoms. The van der Waals surface area contributed by atoms with Gasteiger partial charge in [0, 0.05) is 18.4 Å². The van der Waals surface area contributed by atoms with Crippen LogP contribution in [0.3, 0.4) is 0 Å². The van der Waals surface area contributed by atoms with Gasteiger partial charge < -0.3 is 5.32 Å². The molecule has 3 aromatic heterocycles. The fraction of sp³-hybridized carbons (Fsp3) is 0.211. The van der Waals surface area contributed by atoms with E-state index < -0.39 is 0 Å². The summed E-state index contributed by atoms with van der Waals surface area (Å²) in [5, 5.41) is 4.34. The molecule has 6 heteroatoms. The van der Waals surface area contributed by atoms with Crippen molar-refractivity contribution in [3.63, 3.8) is 0 Å². The molecule has 0 radical (unpaired) electrons. The van der Waals surface area contributed by atoms with Crippen molar-refractivity contribution < 1.29 is 0 Å². The Kier molecular flexibility index (Phi) is 3.97. The summed E-state index contributed by atoms with van der Waals surface area (Å²) in [7, 11) is 0. The number of nitrogens with one attached hydrogen (secondary N) is 1. The lowest BCUT2D eigenvalue weighted by molar-refractivity contribution is 0.966. The number of hydrogen-bond acceptors (Lipinski definition) is 5. The summed E-state index contributed by atoms with van der Waals surface area (Å²) in [5.41, 5.74) is 3.62. The highest BCUT2D eigenvalue weighted by Crippen LogP contribution is 2.34. The molecule has 4 rings (SSSR count). The molecule has 0 saturated heterocycles. The van der Waals surface area contributed by atoms with Gasteiger partial charge in [-0.05, 0) is 31.5 Å². The van der Waals surface area contributed by atoms with E-state index in [1.807, 2.05) is 37.3 Å². The molecular formula is C19H18N4OS. The summed E-state index contributed by atoms with van der Waals surface area (Å²) in [6, 6.07) is 9.79. The second kappa shape index (κ2) is 6.29. The van der Waals surface area contributed by atoms with Crippen molar-refractivity contribution in [2.45, 2.75) is 20.3 Å². The van der Waals surface area contributed by atoms with E-state index in [1.54, 1.807) is 17.1 Å². The number of fused-ring (bicyclic) bond motifs is 3. The van der Waals surface area contributed by atoms with Crippen molar-refractivity contribution in [2.24, 2.45) is 0 Å². The number of benzene rings is 1. The fourth-order valence-electron chi connectivity index (χ4n) is 2.85. The van der Waals surface area contributed by atoms with E-state index in [4.69, 9.17) is 0 Å². The van der Waals surface area contributed by atoms with Crippen LogP contribution in [0.25, 0.3) is 26.1 Å². The largest absolute Gasteiger partial charge is 0.384 e. The number of aromatic nitrogens is 3. The maximum absolute atomic E-state index is 13.0. The van der Waals surface area contributed by atoms with E-state index in [0.29, 0.717) is 4.70 Å². The molecule has 3 heterocycles. The Balaban J connectivity index is 1.95. The zero-order valence-electron chi connectivity index (χ0n) is 14.1. The van der Waals surface area contributed by atoms with Crippen LogP contribution >= 0.6 is 11.3 Å². The van der Waals surface area contributed by atoms with Gasteiger partial charge in [-0.25, -0.2) is 9.97 Å². The lowest BCUT2D eigenvalue weighted by Crippen LogP contribution is -2.17. The molecule has 0 amide bonds. The molecule has 0 aliphatic heterocycles. The first-order chi connectivity index (χ1) is 12.2. The van der Waals surface area contributed by atoms with Gasteiger partial charge in [0.2, 0.25) is 0 Å². The highest BCUT2D eigenvalue weighted by Gasteiger charge is 2.15. The van der Waals surface area contributed by atoms with Crippen molar-refractivity contribution in [3.05, 3.63) is 58.8 Å². The second-order valence-corrected chi connectivity index (χ2v) is 7.00. The van der Waals surface area contributed by atoms with Crippen LogP contribution in [0.4, 0.5) is 5.69 Å². The van der Waals surface area contributed by atoms with Crippen LogP contribution in [0.1, 0.15) is 18.9 Å². The minimum absolute atomic E-state index is 0.0571. The van der Waals surface area contributed by atoms with Crippen LogP contribution in [0.15, 0.2) is 47.7 Å². The number of nitrogens with zero attached hydrogens (tertiary/aromatic N) is 3. The van der Waals surface area contributed by atoms with E-state index in [-0.39, 0.29) is 5.56 Å². The first kappa shape index (κ1) is 15.8. The Hall–Kier alpha value is -2.73. The number of hydrogen-bond donors (Lipinski definition) is 1. The molecule has 0 bridgehead atoms. The topological polar surface area (TPSA) is 59.8 Å². The summed E-state index contributed by atoms with van der Waals surface area (Å²) in [6.07, 6.45) is 4.41. The van der Waals surface area contributed by atoms with Crippen LogP contribution in [-0.4, -0.2) is 21.1 Å². The summed E-state index contributed by atoms with van der Waals surface area (Å²) < 4.78 is 2.23. The van der Waals surface area contributed by atoms with Gasteiger partial charge in [-0.1, -0.05) is 24.6 Å². The van der Waals surface area contributed by atoms with Crippen LogP contribution < -0.4 is 10.9 Å². The summed E-state index contributed by atoms with van der Waals surface area (Å²) >= 11 is 1.40. The predicted octanol–water partition coefficient (Wildman–Crippen LogP) is 4.13. The van der Waals surface area contributed by atoms with Crippen molar-refractivity contribution >= 4 is 37.5 Å². The minimum Gasteiger partial charge on any atom is -0.384 e. The van der Waals surface area contributed by atoms with Gasteiger partial charge in [0.1, 0.15) is 15.9 Å². The van der Waals surface area contributed by atoms with Crippen LogP contribution in [0.2, 0.25) is 0 Å². The van der Waals surface area contributed by atoms with E-state index in [1.165, 1.54) is 11.3 Å². The van der Waals surface area contributed by atoms with Gasteiger partial charge in [-0.2, -0.15) is 0 Å². The van der Waals surface area contributed by atoms with Crippen molar-refractivity contribution in [1.29, 1.82) is 0 Å². The molecule has 1 N–H and O–H groups in total. The molecule has 1 aromatic carbocycles. The van der Waals surface area contributed by atoms with Crippen molar-refractivity contribution in [1.82, 2.24) is 14.5 Å². The quantitative estimate of drug-likeness (QED) is 0.601. The lowest BCUT2D eigenvalue weighted by atomic mass is 10.2. The summed E-state index contributed by atoms with van der Waals surface area (Å²) in [4.78, 5) is 22.9. The Labute approximate surface area is 149 Å². The fourth-order valence-corrected chi connectivity index (χ4v) is 3.90. The third-order valence-electron chi connectivity index (χ3n) is 4.16. The zero-order chi connectivity index (χ0) is 17.4. The third-order valence-corrected chi connectivity index (χ3v) is 5.23. The molecule has 0 unspecified atom stereocenters. The van der Waals surface area contributed by atoms with E-state index >= 15 is 0 Å². The van der Waals surface area contributed by atoms with Gasteiger partial charge >= 0.3 is 0 Å². The SMILES string of the molecule is CCCNc1ccnc2sc3c(=O)n(-c4ccc(C)cc4)cnc3c12. The molecule has 0 aliphatic carbocycles. The normalized spacial score (nSPS) is 11.3. The smallest absolute Gasteiger partial charge is 0.275 e. The monoisotopic (exact) mass is 350 g/mol. The Morgan fingerprint density at radius 1 is 1.16 bits per heavy atom. The average molecular weight is 350 g/mol. The zero-order valence-corrected chi connectivity index (χ0v) is 14.9. The molecule has 0 fully saturated rings. The first-order valence-corrected chi connectivity index (χ1v) is 9.10. The number of thiophene rings is 1. The second-order valence-electron chi connectivity index (χ2n) is 6.00. The molecule has 0 atom stereocenters. The van der Waals surface area contributed by atoms with Gasteiger partial charge in [-0.3, -0.25) is 9.36 Å². The van der Waals surface area contributed by atoms with E-state index in [9.17, 15) is 4.79 Å². The summed E-state index contributed by atoms with van der Waals surface area (Å²) in [5.74, 6) is 0. The van der Waals surface area contributed by atoms with Crippen LogP contribution in [0, 0.1) is 6.92 Å². The maximum atomic E-state index is 13.0. The molecule has 126 valence electrons. The Morgan fingerprint density at radius 3 is 2.72 bits per heavy atom.